The first-order valence-electron chi connectivity index (χ1n) is 4.28. The minimum absolute atomic E-state index is 0.0866. The van der Waals surface area contributed by atoms with Crippen molar-refractivity contribution in [2.24, 2.45) is 0 Å². The molecule has 2 unspecified atom stereocenters. The Morgan fingerprint density at radius 3 is 3.00 bits per heavy atom. The molecule has 0 aromatic carbocycles. The van der Waals surface area contributed by atoms with Gasteiger partial charge in [-0.1, -0.05) is 6.08 Å². The summed E-state index contributed by atoms with van der Waals surface area (Å²) in [6.45, 7) is 5.95. The van der Waals surface area contributed by atoms with Crippen molar-refractivity contribution in [1.82, 2.24) is 0 Å². The summed E-state index contributed by atoms with van der Waals surface area (Å²) in [5, 5.41) is 9.36. The van der Waals surface area contributed by atoms with Gasteiger partial charge in [0.05, 0.1) is 18.8 Å². The SMILES string of the molecule is C=CCO[C@@H]1CC(O)CC(C)O1. The average Bonchev–Trinajstić information content (AvgIpc) is 1.99. The summed E-state index contributed by atoms with van der Waals surface area (Å²) < 4.78 is 10.7. The normalized spacial score (nSPS) is 36.3. The van der Waals surface area contributed by atoms with Gasteiger partial charge in [-0.25, -0.2) is 0 Å². The van der Waals surface area contributed by atoms with E-state index in [0.717, 1.165) is 0 Å². The minimum atomic E-state index is -0.288. The highest BCUT2D eigenvalue weighted by molar-refractivity contribution is 4.71. The first-order chi connectivity index (χ1) is 5.72. The standard InChI is InChI=1S/C9H16O3/c1-3-4-11-9-6-8(10)5-7(2)12-9/h3,7-10H,1,4-6H2,2H3/t7?,8?,9-/m0/s1. The van der Waals surface area contributed by atoms with Crippen LogP contribution in [0.25, 0.3) is 0 Å². The molecule has 0 aliphatic carbocycles. The lowest BCUT2D eigenvalue weighted by Crippen LogP contribution is -2.35. The molecule has 3 atom stereocenters. The van der Waals surface area contributed by atoms with E-state index in [4.69, 9.17) is 9.47 Å². The third-order valence-electron chi connectivity index (χ3n) is 1.85. The molecule has 0 bridgehead atoms. The zero-order valence-electron chi connectivity index (χ0n) is 7.40. The Morgan fingerprint density at radius 1 is 1.67 bits per heavy atom. The second kappa shape index (κ2) is 4.60. The maximum absolute atomic E-state index is 9.36. The summed E-state index contributed by atoms with van der Waals surface area (Å²) in [4.78, 5) is 0. The van der Waals surface area contributed by atoms with E-state index in [0.29, 0.717) is 19.4 Å². The zero-order chi connectivity index (χ0) is 8.97. The van der Waals surface area contributed by atoms with Gasteiger partial charge in [0, 0.05) is 6.42 Å². The Balaban J connectivity index is 2.28. The van der Waals surface area contributed by atoms with Gasteiger partial charge in [0.15, 0.2) is 6.29 Å². The van der Waals surface area contributed by atoms with Crippen molar-refractivity contribution in [2.45, 2.75) is 38.3 Å². The number of rotatable bonds is 3. The first kappa shape index (κ1) is 9.71. The lowest BCUT2D eigenvalue weighted by Gasteiger charge is -2.30. The Hall–Kier alpha value is -0.380. The Morgan fingerprint density at radius 2 is 2.42 bits per heavy atom. The second-order valence-electron chi connectivity index (χ2n) is 3.12. The Labute approximate surface area is 73.0 Å². The van der Waals surface area contributed by atoms with Crippen LogP contribution in [0.15, 0.2) is 12.7 Å². The number of hydrogen-bond donors (Lipinski definition) is 1. The predicted molar refractivity (Wildman–Crippen MR) is 45.7 cm³/mol. The lowest BCUT2D eigenvalue weighted by atomic mass is 10.1. The van der Waals surface area contributed by atoms with E-state index < -0.39 is 0 Å². The summed E-state index contributed by atoms with van der Waals surface area (Å²) in [7, 11) is 0. The summed E-state index contributed by atoms with van der Waals surface area (Å²) in [5.74, 6) is 0. The van der Waals surface area contributed by atoms with Crippen LogP contribution in [0.4, 0.5) is 0 Å². The molecule has 0 saturated carbocycles. The van der Waals surface area contributed by atoms with E-state index in [-0.39, 0.29) is 18.5 Å². The van der Waals surface area contributed by atoms with Crippen molar-refractivity contribution >= 4 is 0 Å². The van der Waals surface area contributed by atoms with Crippen LogP contribution in [0.1, 0.15) is 19.8 Å². The molecular formula is C9H16O3. The molecule has 0 aromatic rings. The molecule has 3 heteroatoms. The average molecular weight is 172 g/mol. The van der Waals surface area contributed by atoms with Gasteiger partial charge >= 0.3 is 0 Å². The topological polar surface area (TPSA) is 38.7 Å². The predicted octanol–water partition coefficient (Wildman–Crippen LogP) is 1.07. The number of ether oxygens (including phenoxy) is 2. The van der Waals surface area contributed by atoms with Crippen LogP contribution in [0.5, 0.6) is 0 Å². The van der Waals surface area contributed by atoms with E-state index in [1.807, 2.05) is 6.92 Å². The van der Waals surface area contributed by atoms with Crippen LogP contribution in [0, 0.1) is 0 Å². The monoisotopic (exact) mass is 172 g/mol. The van der Waals surface area contributed by atoms with Crippen LogP contribution in [-0.4, -0.2) is 30.2 Å². The Kier molecular flexibility index (Phi) is 3.72. The smallest absolute Gasteiger partial charge is 0.160 e. The molecule has 1 N–H and O–H groups in total. The van der Waals surface area contributed by atoms with Crippen LogP contribution >= 0.6 is 0 Å². The summed E-state index contributed by atoms with van der Waals surface area (Å²) in [6.07, 6.45) is 2.48. The fourth-order valence-corrected chi connectivity index (χ4v) is 1.35. The quantitative estimate of drug-likeness (QED) is 0.647. The fourth-order valence-electron chi connectivity index (χ4n) is 1.35. The number of hydrogen-bond acceptors (Lipinski definition) is 3. The van der Waals surface area contributed by atoms with Gasteiger partial charge in [0.1, 0.15) is 0 Å². The van der Waals surface area contributed by atoms with E-state index in [2.05, 4.69) is 6.58 Å². The highest BCUT2D eigenvalue weighted by Gasteiger charge is 2.25. The summed E-state index contributed by atoms with van der Waals surface area (Å²) in [5.41, 5.74) is 0. The maximum Gasteiger partial charge on any atom is 0.160 e. The third kappa shape index (κ3) is 2.93. The minimum Gasteiger partial charge on any atom is -0.393 e. The fraction of sp³-hybridized carbons (Fsp3) is 0.778. The molecular weight excluding hydrogens is 156 g/mol. The van der Waals surface area contributed by atoms with Crippen LogP contribution in [0.2, 0.25) is 0 Å². The molecule has 1 saturated heterocycles. The van der Waals surface area contributed by atoms with Gasteiger partial charge in [-0.3, -0.25) is 0 Å². The molecule has 1 heterocycles. The molecule has 0 radical (unpaired) electrons. The van der Waals surface area contributed by atoms with Crippen molar-refractivity contribution in [2.75, 3.05) is 6.61 Å². The van der Waals surface area contributed by atoms with E-state index in [1.54, 1.807) is 6.08 Å². The highest BCUT2D eigenvalue weighted by atomic mass is 16.7. The van der Waals surface area contributed by atoms with E-state index >= 15 is 0 Å². The van der Waals surface area contributed by atoms with Crippen molar-refractivity contribution in [3.63, 3.8) is 0 Å². The molecule has 1 aliphatic rings. The second-order valence-corrected chi connectivity index (χ2v) is 3.12. The lowest BCUT2D eigenvalue weighted by molar-refractivity contribution is -0.205. The number of aliphatic hydroxyl groups excluding tert-OH is 1. The van der Waals surface area contributed by atoms with Crippen molar-refractivity contribution in [3.05, 3.63) is 12.7 Å². The largest absolute Gasteiger partial charge is 0.393 e. The van der Waals surface area contributed by atoms with Gasteiger partial charge in [0.25, 0.3) is 0 Å². The van der Waals surface area contributed by atoms with Crippen molar-refractivity contribution in [3.8, 4) is 0 Å². The van der Waals surface area contributed by atoms with Gasteiger partial charge in [-0.05, 0) is 13.3 Å². The molecule has 0 amide bonds. The van der Waals surface area contributed by atoms with Crippen molar-refractivity contribution < 1.29 is 14.6 Å². The third-order valence-corrected chi connectivity index (χ3v) is 1.85. The first-order valence-corrected chi connectivity index (χ1v) is 4.28. The summed E-state index contributed by atoms with van der Waals surface area (Å²) >= 11 is 0. The molecule has 3 nitrogen and oxygen atoms in total. The van der Waals surface area contributed by atoms with Crippen LogP contribution in [0.3, 0.4) is 0 Å². The van der Waals surface area contributed by atoms with Crippen molar-refractivity contribution in [1.29, 1.82) is 0 Å². The molecule has 1 aliphatic heterocycles. The van der Waals surface area contributed by atoms with Gasteiger partial charge in [-0.15, -0.1) is 6.58 Å². The van der Waals surface area contributed by atoms with Gasteiger partial charge in [-0.2, -0.15) is 0 Å². The molecule has 12 heavy (non-hydrogen) atoms. The van der Waals surface area contributed by atoms with Gasteiger partial charge in [0.2, 0.25) is 0 Å². The molecule has 0 spiro atoms. The number of aliphatic hydroxyl groups is 1. The highest BCUT2D eigenvalue weighted by Crippen LogP contribution is 2.19. The van der Waals surface area contributed by atoms with E-state index in [1.165, 1.54) is 0 Å². The molecule has 70 valence electrons. The zero-order valence-corrected chi connectivity index (χ0v) is 7.40. The molecule has 1 fully saturated rings. The van der Waals surface area contributed by atoms with Crippen LogP contribution in [-0.2, 0) is 9.47 Å². The van der Waals surface area contributed by atoms with Crippen LogP contribution < -0.4 is 0 Å². The molecule has 1 rings (SSSR count). The Bertz CT molecular complexity index is 137. The van der Waals surface area contributed by atoms with Gasteiger partial charge < -0.3 is 14.6 Å². The summed E-state index contributed by atoms with van der Waals surface area (Å²) in [6, 6.07) is 0. The maximum atomic E-state index is 9.36. The van der Waals surface area contributed by atoms with E-state index in [9.17, 15) is 5.11 Å². The molecule has 0 aromatic heterocycles.